The van der Waals surface area contributed by atoms with Gasteiger partial charge in [0.1, 0.15) is 0 Å². The lowest BCUT2D eigenvalue weighted by molar-refractivity contribution is 0.328. The molecule has 100 valence electrons. The van der Waals surface area contributed by atoms with Gasteiger partial charge in [-0.2, -0.15) is 0 Å². The molecule has 1 aromatic rings. The topological polar surface area (TPSA) is 15.3 Å². The first-order chi connectivity index (χ1) is 8.33. The molecule has 0 aliphatic carbocycles. The van der Waals surface area contributed by atoms with E-state index >= 15 is 0 Å². The zero-order valence-electron chi connectivity index (χ0n) is 12.5. The van der Waals surface area contributed by atoms with Gasteiger partial charge < -0.3 is 10.2 Å². The van der Waals surface area contributed by atoms with E-state index in [2.05, 4.69) is 47.6 Å². The van der Waals surface area contributed by atoms with Crippen molar-refractivity contribution in [2.45, 2.75) is 34.2 Å². The third-order valence-corrected chi connectivity index (χ3v) is 2.04. The van der Waals surface area contributed by atoms with Crippen LogP contribution in [0.1, 0.15) is 33.3 Å². The number of hydrogen-bond acceptors (Lipinski definition) is 2. The first kappa shape index (κ1) is 18.5. The van der Waals surface area contributed by atoms with Crippen molar-refractivity contribution >= 4 is 0 Å². The number of nitrogens with zero attached hydrogens (tertiary/aromatic N) is 1. The molecule has 0 fully saturated rings. The van der Waals surface area contributed by atoms with Crippen molar-refractivity contribution in [3.8, 4) is 0 Å². The molecule has 0 spiro atoms. The molecule has 0 heterocycles. The Hall–Kier alpha value is -0.860. The van der Waals surface area contributed by atoms with Crippen LogP contribution in [0.25, 0.3) is 0 Å². The van der Waals surface area contributed by atoms with Crippen LogP contribution in [-0.2, 0) is 6.54 Å². The highest BCUT2D eigenvalue weighted by Crippen LogP contribution is 2.01. The summed E-state index contributed by atoms with van der Waals surface area (Å²) in [5.74, 6) is 0. The molecule has 0 atom stereocenters. The van der Waals surface area contributed by atoms with Crippen molar-refractivity contribution in [3.63, 3.8) is 0 Å². The molecule has 2 heteroatoms. The minimum atomic E-state index is 1.03. The van der Waals surface area contributed by atoms with Crippen LogP contribution in [0, 0.1) is 0 Å². The zero-order valence-corrected chi connectivity index (χ0v) is 12.5. The van der Waals surface area contributed by atoms with Crippen molar-refractivity contribution in [2.75, 3.05) is 27.2 Å². The Morgan fingerprint density at radius 2 is 1.53 bits per heavy atom. The second kappa shape index (κ2) is 15.1. The molecular weight excluding hydrogens is 208 g/mol. The van der Waals surface area contributed by atoms with Crippen LogP contribution in [0.5, 0.6) is 0 Å². The normalized spacial score (nSPS) is 8.88. The van der Waals surface area contributed by atoms with Crippen molar-refractivity contribution in [2.24, 2.45) is 0 Å². The fourth-order valence-corrected chi connectivity index (χ4v) is 1.28. The predicted octanol–water partition coefficient (Wildman–Crippen LogP) is 3.39. The average Bonchev–Trinajstić information content (AvgIpc) is 2.42. The Kier molecular flexibility index (Phi) is 16.5. The van der Waals surface area contributed by atoms with Crippen LogP contribution in [0.3, 0.4) is 0 Å². The largest absolute Gasteiger partial charge is 0.318 e. The van der Waals surface area contributed by atoms with Crippen LogP contribution < -0.4 is 5.32 Å². The van der Waals surface area contributed by atoms with E-state index in [-0.39, 0.29) is 0 Å². The quantitative estimate of drug-likeness (QED) is 0.846. The predicted molar refractivity (Wildman–Crippen MR) is 79.4 cm³/mol. The molecule has 1 aromatic carbocycles. The lowest BCUT2D eigenvalue weighted by Crippen LogP contribution is -2.26. The number of hydrogen-bond donors (Lipinski definition) is 1. The summed E-state index contributed by atoms with van der Waals surface area (Å²) in [6, 6.07) is 10.5. The van der Waals surface area contributed by atoms with Gasteiger partial charge in [0.05, 0.1) is 0 Å². The molecule has 0 aliphatic heterocycles. The molecule has 2 nitrogen and oxygen atoms in total. The van der Waals surface area contributed by atoms with Crippen LogP contribution in [0.15, 0.2) is 30.3 Å². The van der Waals surface area contributed by atoms with Gasteiger partial charge in [0.2, 0.25) is 0 Å². The van der Waals surface area contributed by atoms with Gasteiger partial charge in [-0.3, -0.25) is 0 Å². The molecular formula is C15H30N2. The molecule has 0 unspecified atom stereocenters. The van der Waals surface area contributed by atoms with Crippen molar-refractivity contribution in [1.82, 2.24) is 10.2 Å². The number of rotatable bonds is 5. The maximum absolute atomic E-state index is 3.14. The summed E-state index contributed by atoms with van der Waals surface area (Å²) in [6.45, 7) is 11.2. The fourth-order valence-electron chi connectivity index (χ4n) is 1.28. The third-order valence-electron chi connectivity index (χ3n) is 2.04. The Bertz CT molecular complexity index is 222. The Balaban J connectivity index is 0. The number of benzene rings is 1. The van der Waals surface area contributed by atoms with E-state index in [0.29, 0.717) is 0 Å². The molecule has 17 heavy (non-hydrogen) atoms. The molecule has 0 saturated carbocycles. The van der Waals surface area contributed by atoms with Gasteiger partial charge in [0.25, 0.3) is 0 Å². The Morgan fingerprint density at radius 1 is 1.00 bits per heavy atom. The van der Waals surface area contributed by atoms with Gasteiger partial charge in [-0.25, -0.2) is 0 Å². The number of nitrogens with one attached hydrogen (secondary N) is 1. The van der Waals surface area contributed by atoms with Gasteiger partial charge in [-0.15, -0.1) is 0 Å². The first-order valence-electron chi connectivity index (χ1n) is 6.70. The minimum absolute atomic E-state index is 1.03. The van der Waals surface area contributed by atoms with Gasteiger partial charge in [0, 0.05) is 19.6 Å². The highest BCUT2D eigenvalue weighted by atomic mass is 15.1. The maximum atomic E-state index is 3.14. The molecule has 1 rings (SSSR count). The van der Waals surface area contributed by atoms with E-state index < -0.39 is 0 Å². The summed E-state index contributed by atoms with van der Waals surface area (Å²) >= 11 is 0. The summed E-state index contributed by atoms with van der Waals surface area (Å²) in [5, 5.41) is 3.14. The molecule has 0 bridgehead atoms. The number of likely N-dealkylation sites (N-methyl/N-ethyl adjacent to an activating group) is 2. The highest BCUT2D eigenvalue weighted by Gasteiger charge is 1.97. The van der Waals surface area contributed by atoms with Crippen LogP contribution >= 0.6 is 0 Å². The molecule has 0 aliphatic rings. The van der Waals surface area contributed by atoms with Crippen LogP contribution in [-0.4, -0.2) is 32.1 Å². The summed E-state index contributed by atoms with van der Waals surface area (Å²) < 4.78 is 0. The Labute approximate surface area is 108 Å². The zero-order chi connectivity index (χ0) is 13.5. The van der Waals surface area contributed by atoms with E-state index in [0.717, 1.165) is 19.6 Å². The molecule has 0 saturated heterocycles. The van der Waals surface area contributed by atoms with Gasteiger partial charge >= 0.3 is 0 Å². The SMILES string of the molecule is CC.CC.CNCCN(C)Cc1ccccc1. The summed E-state index contributed by atoms with van der Waals surface area (Å²) in [7, 11) is 4.13. The average molecular weight is 238 g/mol. The first-order valence-corrected chi connectivity index (χ1v) is 6.70. The van der Waals surface area contributed by atoms with Crippen molar-refractivity contribution in [3.05, 3.63) is 35.9 Å². The molecule has 0 aromatic heterocycles. The lowest BCUT2D eigenvalue weighted by atomic mass is 10.2. The van der Waals surface area contributed by atoms with Crippen LogP contribution in [0.2, 0.25) is 0 Å². The second-order valence-corrected chi connectivity index (χ2v) is 3.33. The van der Waals surface area contributed by atoms with E-state index in [1.807, 2.05) is 34.7 Å². The summed E-state index contributed by atoms with van der Waals surface area (Å²) in [5.41, 5.74) is 1.38. The van der Waals surface area contributed by atoms with Gasteiger partial charge in [-0.1, -0.05) is 58.0 Å². The van der Waals surface area contributed by atoms with Crippen molar-refractivity contribution in [1.29, 1.82) is 0 Å². The highest BCUT2D eigenvalue weighted by molar-refractivity contribution is 5.14. The third kappa shape index (κ3) is 11.4. The van der Waals surface area contributed by atoms with Crippen molar-refractivity contribution < 1.29 is 0 Å². The second-order valence-electron chi connectivity index (χ2n) is 3.33. The molecule has 1 N–H and O–H groups in total. The van der Waals surface area contributed by atoms with Gasteiger partial charge in [0.15, 0.2) is 0 Å². The Morgan fingerprint density at radius 3 is 2.00 bits per heavy atom. The maximum Gasteiger partial charge on any atom is 0.0231 e. The summed E-state index contributed by atoms with van der Waals surface area (Å²) in [4.78, 5) is 2.31. The van der Waals surface area contributed by atoms with E-state index in [1.54, 1.807) is 0 Å². The molecule has 0 amide bonds. The standard InChI is InChI=1S/C11H18N2.2C2H6/c1-12-8-9-13(2)10-11-6-4-3-5-7-11;2*1-2/h3-7,12H,8-10H2,1-2H3;2*1-2H3. The van der Waals surface area contributed by atoms with E-state index in [1.165, 1.54) is 5.56 Å². The van der Waals surface area contributed by atoms with Gasteiger partial charge in [-0.05, 0) is 19.7 Å². The molecule has 0 radical (unpaired) electrons. The van der Waals surface area contributed by atoms with E-state index in [4.69, 9.17) is 0 Å². The smallest absolute Gasteiger partial charge is 0.0231 e. The lowest BCUT2D eigenvalue weighted by Gasteiger charge is -2.15. The van der Waals surface area contributed by atoms with E-state index in [9.17, 15) is 0 Å². The fraction of sp³-hybridized carbons (Fsp3) is 0.600. The van der Waals surface area contributed by atoms with Crippen LogP contribution in [0.4, 0.5) is 0 Å². The summed E-state index contributed by atoms with van der Waals surface area (Å²) in [6.07, 6.45) is 0. The minimum Gasteiger partial charge on any atom is -0.318 e. The monoisotopic (exact) mass is 238 g/mol.